The van der Waals surface area contributed by atoms with Gasteiger partial charge in [-0.25, -0.2) is 4.79 Å². The highest BCUT2D eigenvalue weighted by atomic mass is 16.6. The van der Waals surface area contributed by atoms with E-state index in [1.54, 1.807) is 6.92 Å². The largest absolute Gasteiger partial charge is 0.481 e. The number of ether oxygens (including phenoxy) is 2. The molecule has 1 atom stereocenters. The molecule has 0 fully saturated rings. The van der Waals surface area contributed by atoms with E-state index in [1.165, 1.54) is 0 Å². The summed E-state index contributed by atoms with van der Waals surface area (Å²) in [6.07, 6.45) is 0.569. The molecule has 0 spiro atoms. The molecule has 0 saturated carbocycles. The van der Waals surface area contributed by atoms with Crippen molar-refractivity contribution < 1.29 is 29.0 Å². The number of rotatable bonds is 8. The summed E-state index contributed by atoms with van der Waals surface area (Å²) in [6, 6.07) is 0. The molecule has 0 aromatic rings. The molecule has 96 valence electrons. The number of carbonyl (C=O) groups excluding carboxylic acids is 2. The van der Waals surface area contributed by atoms with Crippen LogP contribution >= 0.6 is 0 Å². The average molecular weight is 244 g/mol. The Morgan fingerprint density at radius 1 is 1.35 bits per heavy atom. The highest BCUT2D eigenvalue weighted by Crippen LogP contribution is 2.02. The number of hydrogen-bond acceptors (Lipinski definition) is 5. The predicted octanol–water partition coefficient (Wildman–Crippen LogP) is 0.902. The van der Waals surface area contributed by atoms with Gasteiger partial charge in [0.25, 0.3) is 0 Å². The maximum atomic E-state index is 11.1. The Labute approximate surface area is 99.2 Å². The molecule has 0 aliphatic heterocycles. The minimum Gasteiger partial charge on any atom is -0.481 e. The molecule has 0 radical (unpaired) electrons. The first-order valence-electron chi connectivity index (χ1n) is 5.16. The van der Waals surface area contributed by atoms with Crippen LogP contribution in [0, 0.1) is 0 Å². The van der Waals surface area contributed by atoms with Crippen molar-refractivity contribution in [2.45, 2.75) is 32.3 Å². The molecule has 0 rings (SSSR count). The van der Waals surface area contributed by atoms with E-state index in [-0.39, 0.29) is 19.4 Å². The Morgan fingerprint density at radius 2 is 2.00 bits per heavy atom. The summed E-state index contributed by atoms with van der Waals surface area (Å²) in [4.78, 5) is 32.0. The van der Waals surface area contributed by atoms with Gasteiger partial charge < -0.3 is 14.6 Å². The van der Waals surface area contributed by atoms with Crippen molar-refractivity contribution in [1.29, 1.82) is 0 Å². The normalized spacial score (nSPS) is 11.4. The summed E-state index contributed by atoms with van der Waals surface area (Å²) >= 11 is 0. The maximum Gasteiger partial charge on any atom is 0.330 e. The first kappa shape index (κ1) is 15.2. The fraction of sp³-hybridized carbons (Fsp3) is 0.545. The van der Waals surface area contributed by atoms with E-state index in [4.69, 9.17) is 14.6 Å². The van der Waals surface area contributed by atoms with Crippen LogP contribution in [-0.4, -0.2) is 35.7 Å². The Morgan fingerprint density at radius 3 is 2.53 bits per heavy atom. The molecule has 0 aliphatic rings. The van der Waals surface area contributed by atoms with E-state index in [1.807, 2.05) is 0 Å². The Kier molecular flexibility index (Phi) is 7.41. The van der Waals surface area contributed by atoms with Gasteiger partial charge in [0, 0.05) is 12.5 Å². The first-order valence-corrected chi connectivity index (χ1v) is 5.16. The molecule has 6 heteroatoms. The molecule has 0 saturated heterocycles. The average Bonchev–Trinajstić information content (AvgIpc) is 2.26. The quantitative estimate of drug-likeness (QED) is 0.504. The Hall–Kier alpha value is -1.85. The summed E-state index contributed by atoms with van der Waals surface area (Å²) < 4.78 is 9.60. The van der Waals surface area contributed by atoms with Crippen LogP contribution < -0.4 is 0 Å². The van der Waals surface area contributed by atoms with Crippen molar-refractivity contribution in [1.82, 2.24) is 0 Å². The highest BCUT2D eigenvalue weighted by molar-refractivity contribution is 5.81. The smallest absolute Gasteiger partial charge is 0.330 e. The van der Waals surface area contributed by atoms with Crippen molar-refractivity contribution in [3.05, 3.63) is 12.7 Å². The second-order valence-corrected chi connectivity index (χ2v) is 3.35. The lowest BCUT2D eigenvalue weighted by molar-refractivity contribution is -0.152. The Balaban J connectivity index is 3.67. The molecule has 17 heavy (non-hydrogen) atoms. The first-order chi connectivity index (χ1) is 7.95. The fourth-order valence-corrected chi connectivity index (χ4v) is 0.936. The molecule has 0 aromatic heterocycles. The number of carboxylic acid groups (broad SMARTS) is 1. The number of carbonyl (C=O) groups is 3. The van der Waals surface area contributed by atoms with Gasteiger partial charge in [0.15, 0.2) is 0 Å². The summed E-state index contributed by atoms with van der Waals surface area (Å²) in [5.41, 5.74) is 0. The third kappa shape index (κ3) is 9.10. The third-order valence-electron chi connectivity index (χ3n) is 1.81. The summed E-state index contributed by atoms with van der Waals surface area (Å²) in [6.45, 7) is 4.99. The minimum absolute atomic E-state index is 0.123. The second kappa shape index (κ2) is 8.32. The fourth-order valence-electron chi connectivity index (χ4n) is 0.936. The van der Waals surface area contributed by atoms with E-state index in [0.717, 1.165) is 6.08 Å². The van der Waals surface area contributed by atoms with Crippen molar-refractivity contribution >= 4 is 17.9 Å². The molecule has 1 N–H and O–H groups in total. The van der Waals surface area contributed by atoms with Gasteiger partial charge in [-0.2, -0.15) is 0 Å². The highest BCUT2D eigenvalue weighted by Gasteiger charge is 2.11. The zero-order chi connectivity index (χ0) is 13.3. The third-order valence-corrected chi connectivity index (χ3v) is 1.81. The predicted molar refractivity (Wildman–Crippen MR) is 58.2 cm³/mol. The van der Waals surface area contributed by atoms with Crippen LogP contribution in [0.25, 0.3) is 0 Å². The van der Waals surface area contributed by atoms with Gasteiger partial charge in [-0.1, -0.05) is 6.58 Å². The number of carboxylic acids is 1. The molecule has 0 bridgehead atoms. The van der Waals surface area contributed by atoms with Crippen LogP contribution in [0.3, 0.4) is 0 Å². The van der Waals surface area contributed by atoms with E-state index in [0.29, 0.717) is 6.42 Å². The van der Waals surface area contributed by atoms with Gasteiger partial charge in [-0.3, -0.25) is 9.59 Å². The number of aliphatic carboxylic acids is 1. The lowest BCUT2D eigenvalue weighted by Crippen LogP contribution is -2.18. The second-order valence-electron chi connectivity index (χ2n) is 3.35. The minimum atomic E-state index is -1.05. The molecule has 1 unspecified atom stereocenters. The standard InChI is InChI=1S/C11H16O6/c1-3-10(14)16-7-6-8(2)17-11(15)5-4-9(12)13/h3,8H,1,4-7H2,2H3,(H,12,13). The van der Waals surface area contributed by atoms with Crippen molar-refractivity contribution in [2.24, 2.45) is 0 Å². The number of esters is 2. The lowest BCUT2D eigenvalue weighted by Gasteiger charge is -2.12. The summed E-state index contributed by atoms with van der Waals surface area (Å²) in [7, 11) is 0. The molecular weight excluding hydrogens is 228 g/mol. The zero-order valence-electron chi connectivity index (χ0n) is 9.68. The summed E-state index contributed by atoms with van der Waals surface area (Å²) in [5, 5.41) is 8.35. The summed E-state index contributed by atoms with van der Waals surface area (Å²) in [5.74, 6) is -2.15. The molecular formula is C11H16O6. The monoisotopic (exact) mass is 244 g/mol. The van der Waals surface area contributed by atoms with E-state index >= 15 is 0 Å². The Bertz CT molecular complexity index is 296. The van der Waals surface area contributed by atoms with Crippen molar-refractivity contribution in [3.8, 4) is 0 Å². The SMILES string of the molecule is C=CC(=O)OCCC(C)OC(=O)CCC(=O)O. The van der Waals surface area contributed by atoms with Crippen LogP contribution in [0.15, 0.2) is 12.7 Å². The van der Waals surface area contributed by atoms with E-state index in [9.17, 15) is 14.4 Å². The number of hydrogen-bond donors (Lipinski definition) is 1. The molecule has 6 nitrogen and oxygen atoms in total. The van der Waals surface area contributed by atoms with Gasteiger partial charge >= 0.3 is 17.9 Å². The van der Waals surface area contributed by atoms with Gasteiger partial charge in [-0.05, 0) is 6.92 Å². The zero-order valence-corrected chi connectivity index (χ0v) is 9.68. The van der Waals surface area contributed by atoms with Crippen LogP contribution in [0.4, 0.5) is 0 Å². The van der Waals surface area contributed by atoms with Gasteiger partial charge in [0.1, 0.15) is 6.10 Å². The van der Waals surface area contributed by atoms with E-state index in [2.05, 4.69) is 6.58 Å². The molecule has 0 amide bonds. The van der Waals surface area contributed by atoms with Crippen LogP contribution in [0.2, 0.25) is 0 Å². The van der Waals surface area contributed by atoms with E-state index < -0.39 is 24.0 Å². The molecule has 0 aromatic carbocycles. The lowest BCUT2D eigenvalue weighted by atomic mass is 10.3. The van der Waals surface area contributed by atoms with Crippen LogP contribution in [0.1, 0.15) is 26.2 Å². The van der Waals surface area contributed by atoms with Crippen molar-refractivity contribution in [3.63, 3.8) is 0 Å². The van der Waals surface area contributed by atoms with Gasteiger partial charge in [0.2, 0.25) is 0 Å². The van der Waals surface area contributed by atoms with Crippen molar-refractivity contribution in [2.75, 3.05) is 6.61 Å². The van der Waals surface area contributed by atoms with Crippen LogP contribution in [-0.2, 0) is 23.9 Å². The van der Waals surface area contributed by atoms with Gasteiger partial charge in [-0.15, -0.1) is 0 Å². The maximum absolute atomic E-state index is 11.1. The van der Waals surface area contributed by atoms with Crippen LogP contribution in [0.5, 0.6) is 0 Å². The molecule has 0 aliphatic carbocycles. The molecule has 0 heterocycles. The topological polar surface area (TPSA) is 89.9 Å². The van der Waals surface area contributed by atoms with Gasteiger partial charge in [0.05, 0.1) is 19.4 Å².